The maximum Gasteiger partial charge on any atom is 0.264 e. The molecule has 0 spiro atoms. The van der Waals surface area contributed by atoms with Crippen LogP contribution >= 0.6 is 11.5 Å². The summed E-state index contributed by atoms with van der Waals surface area (Å²) in [6.45, 7) is 5.52. The van der Waals surface area contributed by atoms with Crippen LogP contribution in [0.4, 0.5) is 5.82 Å². The van der Waals surface area contributed by atoms with Crippen LogP contribution in [0.2, 0.25) is 0 Å². The van der Waals surface area contributed by atoms with Gasteiger partial charge in [0, 0.05) is 51.2 Å². The van der Waals surface area contributed by atoms with Gasteiger partial charge in [0.2, 0.25) is 0 Å². The van der Waals surface area contributed by atoms with Gasteiger partial charge in [0.1, 0.15) is 12.4 Å². The van der Waals surface area contributed by atoms with Gasteiger partial charge in [0.05, 0.1) is 11.0 Å². The number of hydrogen-bond acceptors (Lipinski definition) is 8. The van der Waals surface area contributed by atoms with Gasteiger partial charge in [-0.05, 0) is 46.8 Å². The zero-order chi connectivity index (χ0) is 23.7. The molecule has 0 unspecified atom stereocenters. The molecule has 10 heteroatoms. The minimum atomic E-state index is -3.63. The van der Waals surface area contributed by atoms with Crippen LogP contribution in [0.25, 0.3) is 10.1 Å². The Balaban J connectivity index is 1.12. The van der Waals surface area contributed by atoms with E-state index in [0.717, 1.165) is 62.3 Å². The highest BCUT2D eigenvalue weighted by Crippen LogP contribution is 2.30. The van der Waals surface area contributed by atoms with Crippen LogP contribution in [-0.2, 0) is 38.6 Å². The van der Waals surface area contributed by atoms with E-state index in [1.165, 1.54) is 15.6 Å². The number of benzene rings is 2. The Morgan fingerprint density at radius 2 is 1.82 bits per heavy atom. The van der Waals surface area contributed by atoms with Gasteiger partial charge in [-0.25, -0.2) is 0 Å². The summed E-state index contributed by atoms with van der Waals surface area (Å²) in [5, 5.41) is 1.24. The average molecular weight is 501 g/mol. The van der Waals surface area contributed by atoms with E-state index in [9.17, 15) is 13.2 Å². The second-order valence-electron chi connectivity index (χ2n) is 8.90. The summed E-state index contributed by atoms with van der Waals surface area (Å²) >= 11 is 1.57. The Hall–Kier alpha value is -2.53. The number of hydrogen-bond donors (Lipinski definition) is 0. The molecule has 180 valence electrons. The van der Waals surface area contributed by atoms with Gasteiger partial charge in [-0.2, -0.15) is 12.8 Å². The van der Waals surface area contributed by atoms with E-state index >= 15 is 0 Å². The standard InChI is InChI=1S/C24H28N4O4S2/c1-34(30,31)32-17-23(29)28-15-19-7-6-18(14-20(19)16-28)8-9-26-10-12-27(13-11-26)24-21-4-2-3-5-22(21)33-25-24/h2-7,14H,8-13,15-17H2,1H3. The summed E-state index contributed by atoms with van der Waals surface area (Å²) in [5.74, 6) is 0.800. The van der Waals surface area contributed by atoms with Gasteiger partial charge in [-0.1, -0.05) is 30.3 Å². The maximum atomic E-state index is 12.3. The highest BCUT2D eigenvalue weighted by molar-refractivity contribution is 7.86. The van der Waals surface area contributed by atoms with Gasteiger partial charge in [-0.15, -0.1) is 0 Å². The molecule has 2 aromatic carbocycles. The molecule has 2 aliphatic heterocycles. The number of carbonyl (C=O) groups excluding carboxylic acids is 1. The Labute approximate surface area is 204 Å². The number of carbonyl (C=O) groups is 1. The van der Waals surface area contributed by atoms with E-state index in [-0.39, 0.29) is 5.91 Å². The Morgan fingerprint density at radius 1 is 1.06 bits per heavy atom. The van der Waals surface area contributed by atoms with Crippen LogP contribution in [-0.4, -0.2) is 74.1 Å². The predicted molar refractivity (Wildman–Crippen MR) is 133 cm³/mol. The maximum absolute atomic E-state index is 12.3. The lowest BCUT2D eigenvalue weighted by Crippen LogP contribution is -2.47. The largest absolute Gasteiger partial charge is 0.353 e. The van der Waals surface area contributed by atoms with Crippen molar-refractivity contribution in [3.8, 4) is 0 Å². The van der Waals surface area contributed by atoms with Crippen molar-refractivity contribution in [2.75, 3.05) is 50.5 Å². The van der Waals surface area contributed by atoms with Crippen molar-refractivity contribution in [2.45, 2.75) is 19.5 Å². The fourth-order valence-corrected chi connectivity index (χ4v) is 5.71. The summed E-state index contributed by atoms with van der Waals surface area (Å²) in [6, 6.07) is 14.8. The summed E-state index contributed by atoms with van der Waals surface area (Å²) in [7, 11) is -3.63. The molecule has 5 rings (SSSR count). The van der Waals surface area contributed by atoms with Crippen molar-refractivity contribution >= 4 is 43.5 Å². The van der Waals surface area contributed by atoms with E-state index in [4.69, 9.17) is 4.37 Å². The lowest BCUT2D eigenvalue weighted by Gasteiger charge is -2.35. The summed E-state index contributed by atoms with van der Waals surface area (Å²) in [5.41, 5.74) is 3.50. The minimum Gasteiger partial charge on any atom is -0.353 e. The number of fused-ring (bicyclic) bond motifs is 2. The molecule has 34 heavy (non-hydrogen) atoms. The molecule has 3 heterocycles. The molecule has 3 aromatic rings. The van der Waals surface area contributed by atoms with Crippen LogP contribution < -0.4 is 4.90 Å². The molecule has 0 radical (unpaired) electrons. The average Bonchev–Trinajstić information content (AvgIpc) is 3.45. The molecular formula is C24H28N4O4S2. The lowest BCUT2D eigenvalue weighted by atomic mass is 10.0. The number of amides is 1. The third kappa shape index (κ3) is 5.25. The number of piperazine rings is 1. The van der Waals surface area contributed by atoms with Crippen LogP contribution in [0.5, 0.6) is 0 Å². The van der Waals surface area contributed by atoms with Crippen LogP contribution in [0.15, 0.2) is 42.5 Å². The predicted octanol–water partition coefficient (Wildman–Crippen LogP) is 2.48. The van der Waals surface area contributed by atoms with Crippen LogP contribution in [0.3, 0.4) is 0 Å². The van der Waals surface area contributed by atoms with Crippen molar-refractivity contribution < 1.29 is 17.4 Å². The molecule has 1 saturated heterocycles. The van der Waals surface area contributed by atoms with Crippen molar-refractivity contribution in [3.05, 3.63) is 59.2 Å². The summed E-state index contributed by atoms with van der Waals surface area (Å²) < 4.78 is 32.9. The minimum absolute atomic E-state index is 0.311. The Kier molecular flexibility index (Phi) is 6.57. The number of aromatic nitrogens is 1. The zero-order valence-corrected chi connectivity index (χ0v) is 20.8. The van der Waals surface area contributed by atoms with Crippen molar-refractivity contribution in [3.63, 3.8) is 0 Å². The molecule has 1 amide bonds. The molecule has 0 N–H and O–H groups in total. The number of nitrogens with zero attached hydrogens (tertiary/aromatic N) is 4. The van der Waals surface area contributed by atoms with E-state index in [1.54, 1.807) is 16.4 Å². The molecule has 1 aromatic heterocycles. The summed E-state index contributed by atoms with van der Waals surface area (Å²) in [6.07, 6.45) is 1.91. The fraction of sp³-hybridized carbons (Fsp3) is 0.417. The first-order valence-corrected chi connectivity index (χ1v) is 14.0. The van der Waals surface area contributed by atoms with E-state index in [2.05, 4.69) is 56.4 Å². The highest BCUT2D eigenvalue weighted by Gasteiger charge is 2.25. The van der Waals surface area contributed by atoms with Gasteiger partial charge >= 0.3 is 0 Å². The first-order chi connectivity index (χ1) is 16.4. The van der Waals surface area contributed by atoms with Gasteiger partial charge < -0.3 is 9.80 Å². The SMILES string of the molecule is CS(=O)(=O)OCC(=O)N1Cc2ccc(CCN3CCN(c4nsc5ccccc45)CC3)cc2C1. The van der Waals surface area contributed by atoms with E-state index < -0.39 is 16.7 Å². The van der Waals surface area contributed by atoms with Gasteiger partial charge in [0.25, 0.3) is 16.0 Å². The normalized spacial score (nSPS) is 16.9. The fourth-order valence-electron chi connectivity index (χ4n) is 4.60. The van der Waals surface area contributed by atoms with Gasteiger partial charge in [-0.3, -0.25) is 13.9 Å². The van der Waals surface area contributed by atoms with E-state index in [1.807, 2.05) is 0 Å². The number of anilines is 1. The first kappa shape index (κ1) is 23.2. The highest BCUT2D eigenvalue weighted by atomic mass is 32.2. The van der Waals surface area contributed by atoms with Crippen molar-refractivity contribution in [1.29, 1.82) is 0 Å². The third-order valence-electron chi connectivity index (χ3n) is 6.49. The molecular weight excluding hydrogens is 472 g/mol. The number of rotatable bonds is 7. The molecule has 8 nitrogen and oxygen atoms in total. The second-order valence-corrected chi connectivity index (χ2v) is 11.3. The lowest BCUT2D eigenvalue weighted by molar-refractivity contribution is -0.133. The third-order valence-corrected chi connectivity index (χ3v) is 7.85. The van der Waals surface area contributed by atoms with E-state index in [0.29, 0.717) is 13.1 Å². The summed E-state index contributed by atoms with van der Waals surface area (Å²) in [4.78, 5) is 18.8. The first-order valence-electron chi connectivity index (χ1n) is 11.4. The molecule has 0 saturated carbocycles. The quantitative estimate of drug-likeness (QED) is 0.461. The molecule has 0 aliphatic carbocycles. The zero-order valence-electron chi connectivity index (χ0n) is 19.1. The molecule has 0 bridgehead atoms. The van der Waals surface area contributed by atoms with Crippen molar-refractivity contribution in [2.24, 2.45) is 0 Å². The monoisotopic (exact) mass is 500 g/mol. The Bertz CT molecular complexity index is 1300. The topological polar surface area (TPSA) is 83.0 Å². The van der Waals surface area contributed by atoms with Gasteiger partial charge in [0.15, 0.2) is 0 Å². The smallest absolute Gasteiger partial charge is 0.264 e. The van der Waals surface area contributed by atoms with Crippen molar-refractivity contribution in [1.82, 2.24) is 14.2 Å². The molecule has 0 atom stereocenters. The molecule has 2 aliphatic rings. The van der Waals surface area contributed by atoms with Crippen LogP contribution in [0.1, 0.15) is 16.7 Å². The Morgan fingerprint density at radius 3 is 2.62 bits per heavy atom. The second kappa shape index (κ2) is 9.61. The van der Waals surface area contributed by atoms with Crippen LogP contribution in [0, 0.1) is 0 Å². The molecule has 1 fully saturated rings.